The third-order valence-electron chi connectivity index (χ3n) is 2.99. The molecule has 0 radical (unpaired) electrons. The van der Waals surface area contributed by atoms with E-state index in [4.69, 9.17) is 10.00 Å². The number of ether oxygens (including phenoxy) is 1. The van der Waals surface area contributed by atoms with Crippen LogP contribution in [0.3, 0.4) is 0 Å². The molecule has 3 nitrogen and oxygen atoms in total. The summed E-state index contributed by atoms with van der Waals surface area (Å²) in [5.74, 6) is -1.11. The smallest absolute Gasteiger partial charge is 0.129 e. The van der Waals surface area contributed by atoms with Gasteiger partial charge in [0.15, 0.2) is 0 Å². The van der Waals surface area contributed by atoms with E-state index in [-0.39, 0.29) is 5.75 Å². The van der Waals surface area contributed by atoms with E-state index in [0.717, 1.165) is 37.6 Å². The van der Waals surface area contributed by atoms with Crippen molar-refractivity contribution in [3.05, 3.63) is 29.8 Å². The summed E-state index contributed by atoms with van der Waals surface area (Å²) in [4.78, 5) is 0. The Morgan fingerprint density at radius 2 is 1.90 bits per heavy atom. The molecule has 1 atom stereocenters. The maximum absolute atomic E-state index is 12.9. The molecule has 0 bridgehead atoms. The molecule has 0 saturated heterocycles. The molecule has 0 aromatic heterocycles. The van der Waals surface area contributed by atoms with Crippen molar-refractivity contribution in [2.24, 2.45) is 0 Å². The van der Waals surface area contributed by atoms with Gasteiger partial charge >= 0.3 is 0 Å². The van der Waals surface area contributed by atoms with Gasteiger partial charge < -0.3 is 4.74 Å². The fourth-order valence-corrected chi connectivity index (χ4v) is 1.96. The average molecular weight is 282 g/mol. The highest BCUT2D eigenvalue weighted by molar-refractivity contribution is 5.23. The van der Waals surface area contributed by atoms with Crippen molar-refractivity contribution < 1.29 is 13.5 Å². The van der Waals surface area contributed by atoms with E-state index in [2.05, 4.69) is 11.4 Å². The number of halogens is 2. The zero-order chi connectivity index (χ0) is 15.0. The number of benzene rings is 1. The first-order valence-corrected chi connectivity index (χ1v) is 6.74. The summed E-state index contributed by atoms with van der Waals surface area (Å²) in [5, 5.41) is 12.2. The molecule has 0 saturated carbocycles. The molecule has 1 rings (SSSR count). The molecule has 0 aliphatic rings. The summed E-state index contributed by atoms with van der Waals surface area (Å²) < 4.78 is 31.1. The number of hydrogen-bond donors (Lipinski definition) is 1. The summed E-state index contributed by atoms with van der Waals surface area (Å²) in [6.45, 7) is 4.93. The molecule has 5 heteroatoms. The van der Waals surface area contributed by atoms with Gasteiger partial charge in [-0.1, -0.05) is 6.92 Å². The summed E-state index contributed by atoms with van der Waals surface area (Å²) in [7, 11) is 0. The highest BCUT2D eigenvalue weighted by Gasteiger charge is 2.21. The number of nitrogens with zero attached hydrogens (tertiary/aromatic N) is 1. The van der Waals surface area contributed by atoms with Crippen LogP contribution in [0.25, 0.3) is 0 Å². The quantitative estimate of drug-likeness (QED) is 0.743. The fraction of sp³-hybridized carbons (Fsp3) is 0.533. The van der Waals surface area contributed by atoms with Crippen LogP contribution in [0, 0.1) is 23.0 Å². The lowest BCUT2D eigenvalue weighted by Crippen LogP contribution is -2.40. The first-order valence-electron chi connectivity index (χ1n) is 6.74. The molecular weight excluding hydrogens is 262 g/mol. The Bertz CT molecular complexity index is 453. The van der Waals surface area contributed by atoms with Crippen LogP contribution in [0.15, 0.2) is 18.2 Å². The molecule has 0 aliphatic heterocycles. The lowest BCUT2D eigenvalue weighted by molar-refractivity contribution is 0.293. The monoisotopic (exact) mass is 282 g/mol. The van der Waals surface area contributed by atoms with Crippen LogP contribution in [-0.2, 0) is 0 Å². The van der Waals surface area contributed by atoms with Crippen LogP contribution in [0.2, 0.25) is 0 Å². The molecule has 1 N–H and O–H groups in total. The van der Waals surface area contributed by atoms with Crippen molar-refractivity contribution in [1.82, 2.24) is 5.32 Å². The van der Waals surface area contributed by atoms with E-state index in [1.807, 2.05) is 13.8 Å². The van der Waals surface area contributed by atoms with E-state index >= 15 is 0 Å². The molecule has 1 unspecified atom stereocenters. The second kappa shape index (κ2) is 7.81. The van der Waals surface area contributed by atoms with Crippen molar-refractivity contribution in [3.63, 3.8) is 0 Å². The highest BCUT2D eigenvalue weighted by Crippen LogP contribution is 2.17. The van der Waals surface area contributed by atoms with Gasteiger partial charge in [-0.25, -0.2) is 8.78 Å². The molecule has 1 aromatic carbocycles. The molecular formula is C15H20F2N2O. The van der Waals surface area contributed by atoms with Gasteiger partial charge in [0.05, 0.1) is 12.7 Å². The van der Waals surface area contributed by atoms with Crippen LogP contribution in [0.5, 0.6) is 5.75 Å². The van der Waals surface area contributed by atoms with Gasteiger partial charge in [0.2, 0.25) is 0 Å². The molecule has 0 fully saturated rings. The highest BCUT2D eigenvalue weighted by atomic mass is 19.1. The Kier molecular flexibility index (Phi) is 6.40. The fourth-order valence-electron chi connectivity index (χ4n) is 1.96. The van der Waals surface area contributed by atoms with Gasteiger partial charge in [-0.05, 0) is 32.7 Å². The number of nitriles is 1. The summed E-state index contributed by atoms with van der Waals surface area (Å²) in [6, 6.07) is 5.37. The van der Waals surface area contributed by atoms with Gasteiger partial charge in [0, 0.05) is 18.2 Å². The first kappa shape index (κ1) is 16.4. The van der Waals surface area contributed by atoms with E-state index in [1.165, 1.54) is 0 Å². The van der Waals surface area contributed by atoms with Crippen molar-refractivity contribution in [2.75, 3.05) is 13.2 Å². The Morgan fingerprint density at radius 1 is 1.25 bits per heavy atom. The van der Waals surface area contributed by atoms with Gasteiger partial charge in [0.25, 0.3) is 0 Å². The molecule has 20 heavy (non-hydrogen) atoms. The van der Waals surface area contributed by atoms with Gasteiger partial charge in [-0.3, -0.25) is 5.32 Å². The summed E-state index contributed by atoms with van der Waals surface area (Å²) in [6.07, 6.45) is 2.23. The lowest BCUT2D eigenvalue weighted by Gasteiger charge is -2.22. The van der Waals surface area contributed by atoms with E-state index in [0.29, 0.717) is 13.0 Å². The lowest BCUT2D eigenvalue weighted by atomic mass is 9.97. The van der Waals surface area contributed by atoms with E-state index in [1.54, 1.807) is 0 Å². The number of hydrogen-bond acceptors (Lipinski definition) is 3. The van der Waals surface area contributed by atoms with Crippen LogP contribution < -0.4 is 10.1 Å². The molecule has 0 amide bonds. The predicted octanol–water partition coefficient (Wildman–Crippen LogP) is 3.41. The maximum atomic E-state index is 12.9. The Hall–Kier alpha value is -1.67. The van der Waals surface area contributed by atoms with Crippen LogP contribution in [-0.4, -0.2) is 18.7 Å². The van der Waals surface area contributed by atoms with Gasteiger partial charge in [-0.15, -0.1) is 0 Å². The summed E-state index contributed by atoms with van der Waals surface area (Å²) >= 11 is 0. The maximum Gasteiger partial charge on any atom is 0.129 e. The Balaban J connectivity index is 2.30. The minimum absolute atomic E-state index is 0.192. The van der Waals surface area contributed by atoms with Crippen LogP contribution >= 0.6 is 0 Å². The van der Waals surface area contributed by atoms with Crippen LogP contribution in [0.4, 0.5) is 8.78 Å². The molecule has 0 heterocycles. The summed E-state index contributed by atoms with van der Waals surface area (Å²) in [5.41, 5.74) is -0.528. The number of rotatable bonds is 8. The minimum atomic E-state index is -0.649. The van der Waals surface area contributed by atoms with Crippen molar-refractivity contribution in [2.45, 2.75) is 38.6 Å². The zero-order valence-electron chi connectivity index (χ0n) is 11.9. The van der Waals surface area contributed by atoms with Gasteiger partial charge in [0.1, 0.15) is 22.9 Å². The largest absolute Gasteiger partial charge is 0.493 e. The number of unbranched alkanes of at least 4 members (excludes halogenated alkanes) is 1. The third kappa shape index (κ3) is 5.54. The van der Waals surface area contributed by atoms with Gasteiger partial charge in [-0.2, -0.15) is 5.26 Å². The second-order valence-corrected chi connectivity index (χ2v) is 4.88. The van der Waals surface area contributed by atoms with E-state index < -0.39 is 17.2 Å². The van der Waals surface area contributed by atoms with Crippen molar-refractivity contribution in [1.29, 1.82) is 5.26 Å². The molecule has 0 spiro atoms. The van der Waals surface area contributed by atoms with Crippen molar-refractivity contribution >= 4 is 0 Å². The second-order valence-electron chi connectivity index (χ2n) is 4.88. The SMILES string of the molecule is CCNC(C)(C#N)CCCCOc1cc(F)cc(F)c1. The normalized spacial score (nSPS) is 13.6. The zero-order valence-corrected chi connectivity index (χ0v) is 11.9. The minimum Gasteiger partial charge on any atom is -0.493 e. The Morgan fingerprint density at radius 3 is 2.45 bits per heavy atom. The van der Waals surface area contributed by atoms with E-state index in [9.17, 15) is 8.78 Å². The third-order valence-corrected chi connectivity index (χ3v) is 2.99. The molecule has 110 valence electrons. The van der Waals surface area contributed by atoms with Crippen LogP contribution in [0.1, 0.15) is 33.1 Å². The number of nitrogens with one attached hydrogen (secondary N) is 1. The average Bonchev–Trinajstić information content (AvgIpc) is 2.37. The molecule has 0 aliphatic carbocycles. The first-order chi connectivity index (χ1) is 9.49. The topological polar surface area (TPSA) is 45.0 Å². The van der Waals surface area contributed by atoms with Crippen molar-refractivity contribution in [3.8, 4) is 11.8 Å². The standard InChI is InChI=1S/C15H20F2N2O/c1-3-19-15(2,11-18)6-4-5-7-20-14-9-12(16)8-13(17)10-14/h8-10,19H,3-7H2,1-2H3. The molecule has 1 aromatic rings. The Labute approximate surface area is 118 Å². The predicted molar refractivity (Wildman–Crippen MR) is 73.4 cm³/mol.